The SMILES string of the molecule is COC(=O)c1ccc(F)c(CNc2cncc(-n3ccnc3C)n2)c1. The highest BCUT2D eigenvalue weighted by Crippen LogP contribution is 2.15. The summed E-state index contributed by atoms with van der Waals surface area (Å²) in [5, 5.41) is 3.01. The van der Waals surface area contributed by atoms with Crippen molar-refractivity contribution in [2.75, 3.05) is 12.4 Å². The van der Waals surface area contributed by atoms with Gasteiger partial charge in [0.25, 0.3) is 0 Å². The Morgan fingerprint density at radius 2 is 2.20 bits per heavy atom. The number of hydrogen-bond acceptors (Lipinski definition) is 6. The third kappa shape index (κ3) is 3.63. The Morgan fingerprint density at radius 3 is 2.92 bits per heavy atom. The fraction of sp³-hybridized carbons (Fsp3) is 0.176. The number of aryl methyl sites for hydroxylation is 1. The van der Waals surface area contributed by atoms with Crippen LogP contribution in [0.15, 0.2) is 43.0 Å². The lowest BCUT2D eigenvalue weighted by Crippen LogP contribution is -2.08. The summed E-state index contributed by atoms with van der Waals surface area (Å²) in [6.07, 6.45) is 6.60. The Balaban J connectivity index is 1.78. The Labute approximate surface area is 143 Å². The van der Waals surface area contributed by atoms with Crippen molar-refractivity contribution in [3.63, 3.8) is 0 Å². The Kier molecular flexibility index (Phi) is 4.69. The summed E-state index contributed by atoms with van der Waals surface area (Å²) < 4.78 is 20.4. The van der Waals surface area contributed by atoms with Crippen LogP contribution >= 0.6 is 0 Å². The highest BCUT2D eigenvalue weighted by Gasteiger charge is 2.10. The summed E-state index contributed by atoms with van der Waals surface area (Å²) >= 11 is 0. The van der Waals surface area contributed by atoms with Gasteiger partial charge in [-0.05, 0) is 25.1 Å². The maximum Gasteiger partial charge on any atom is 0.337 e. The first-order valence-corrected chi connectivity index (χ1v) is 7.51. The van der Waals surface area contributed by atoms with Crippen molar-refractivity contribution < 1.29 is 13.9 Å². The number of esters is 1. The van der Waals surface area contributed by atoms with Crippen LogP contribution in [0.5, 0.6) is 0 Å². The standard InChI is InChI=1S/C17H16FN5O2/c1-11-20-5-6-23(11)16-10-19-9-15(22-16)21-8-13-7-12(17(24)25-2)3-4-14(13)18/h3-7,9-10H,8H2,1-2H3,(H,21,22). The second-order valence-electron chi connectivity index (χ2n) is 5.26. The molecular weight excluding hydrogens is 325 g/mol. The monoisotopic (exact) mass is 341 g/mol. The second-order valence-corrected chi connectivity index (χ2v) is 5.26. The lowest BCUT2D eigenvalue weighted by atomic mass is 10.1. The Hall–Kier alpha value is -3.29. The van der Waals surface area contributed by atoms with Crippen LogP contribution in [0.2, 0.25) is 0 Å². The smallest absolute Gasteiger partial charge is 0.337 e. The minimum absolute atomic E-state index is 0.151. The van der Waals surface area contributed by atoms with Gasteiger partial charge in [-0.1, -0.05) is 0 Å². The number of anilines is 1. The third-order valence-electron chi connectivity index (χ3n) is 3.62. The van der Waals surface area contributed by atoms with E-state index in [1.165, 1.54) is 31.5 Å². The summed E-state index contributed by atoms with van der Waals surface area (Å²) in [6.45, 7) is 2.01. The van der Waals surface area contributed by atoms with Crippen LogP contribution in [0.3, 0.4) is 0 Å². The molecule has 3 aromatic rings. The molecule has 0 amide bonds. The van der Waals surface area contributed by atoms with Gasteiger partial charge in [0.05, 0.1) is 25.1 Å². The molecule has 1 N–H and O–H groups in total. The van der Waals surface area contributed by atoms with Crippen LogP contribution in [0.1, 0.15) is 21.7 Å². The minimum Gasteiger partial charge on any atom is -0.465 e. The summed E-state index contributed by atoms with van der Waals surface area (Å²) in [7, 11) is 1.28. The molecule has 0 saturated heterocycles. The number of methoxy groups -OCH3 is 1. The van der Waals surface area contributed by atoms with Crippen molar-refractivity contribution >= 4 is 11.8 Å². The van der Waals surface area contributed by atoms with Crippen molar-refractivity contribution in [3.05, 3.63) is 65.8 Å². The zero-order valence-corrected chi connectivity index (χ0v) is 13.7. The fourth-order valence-corrected chi connectivity index (χ4v) is 2.32. The fourth-order valence-electron chi connectivity index (χ4n) is 2.32. The molecule has 0 aliphatic carbocycles. The number of benzene rings is 1. The average Bonchev–Trinajstić information content (AvgIpc) is 3.06. The van der Waals surface area contributed by atoms with Crippen molar-refractivity contribution in [1.82, 2.24) is 19.5 Å². The van der Waals surface area contributed by atoms with E-state index in [9.17, 15) is 9.18 Å². The first kappa shape index (κ1) is 16.6. The van der Waals surface area contributed by atoms with Gasteiger partial charge in [0, 0.05) is 24.5 Å². The van der Waals surface area contributed by atoms with Gasteiger partial charge >= 0.3 is 5.97 Å². The highest BCUT2D eigenvalue weighted by atomic mass is 19.1. The number of halogens is 1. The summed E-state index contributed by atoms with van der Waals surface area (Å²) in [5.41, 5.74) is 0.614. The first-order chi connectivity index (χ1) is 12.1. The number of ether oxygens (including phenoxy) is 1. The molecule has 0 unspecified atom stereocenters. The third-order valence-corrected chi connectivity index (χ3v) is 3.62. The average molecular weight is 341 g/mol. The van der Waals surface area contributed by atoms with Gasteiger partial charge < -0.3 is 10.1 Å². The predicted molar refractivity (Wildman–Crippen MR) is 89.0 cm³/mol. The summed E-state index contributed by atoms with van der Waals surface area (Å²) in [4.78, 5) is 24.3. The molecule has 0 saturated carbocycles. The maximum atomic E-state index is 14.0. The molecule has 3 rings (SSSR count). The normalized spacial score (nSPS) is 10.5. The van der Waals surface area contributed by atoms with E-state index in [0.29, 0.717) is 17.2 Å². The second kappa shape index (κ2) is 7.08. The van der Waals surface area contributed by atoms with Gasteiger partial charge in [0.15, 0.2) is 5.82 Å². The van der Waals surface area contributed by atoms with Crippen LogP contribution in [-0.2, 0) is 11.3 Å². The van der Waals surface area contributed by atoms with Crippen molar-refractivity contribution in [2.45, 2.75) is 13.5 Å². The van der Waals surface area contributed by atoms with Crippen LogP contribution in [-0.4, -0.2) is 32.6 Å². The molecule has 0 aliphatic heterocycles. The van der Waals surface area contributed by atoms with Gasteiger partial charge in [0.2, 0.25) is 0 Å². The molecule has 25 heavy (non-hydrogen) atoms. The van der Waals surface area contributed by atoms with Gasteiger partial charge in [-0.2, -0.15) is 0 Å². The number of carbonyl (C=O) groups is 1. The van der Waals surface area contributed by atoms with E-state index in [2.05, 4.69) is 25.0 Å². The zero-order chi connectivity index (χ0) is 17.8. The molecule has 0 atom stereocenters. The topological polar surface area (TPSA) is 81.9 Å². The van der Waals surface area contributed by atoms with Crippen LogP contribution < -0.4 is 5.32 Å². The highest BCUT2D eigenvalue weighted by molar-refractivity contribution is 5.89. The van der Waals surface area contributed by atoms with E-state index in [0.717, 1.165) is 5.82 Å². The zero-order valence-electron chi connectivity index (χ0n) is 13.7. The molecule has 0 radical (unpaired) electrons. The molecule has 2 heterocycles. The minimum atomic E-state index is -0.515. The Bertz CT molecular complexity index is 910. The van der Waals surface area contributed by atoms with E-state index in [4.69, 9.17) is 0 Å². The lowest BCUT2D eigenvalue weighted by molar-refractivity contribution is 0.0600. The summed E-state index contributed by atoms with van der Waals surface area (Å²) in [6, 6.07) is 4.07. The molecule has 2 aromatic heterocycles. The van der Waals surface area contributed by atoms with Crippen LogP contribution in [0.4, 0.5) is 10.2 Å². The van der Waals surface area contributed by atoms with Gasteiger partial charge in [0.1, 0.15) is 17.5 Å². The number of hydrogen-bond donors (Lipinski definition) is 1. The molecule has 8 heteroatoms. The van der Waals surface area contributed by atoms with Crippen molar-refractivity contribution in [2.24, 2.45) is 0 Å². The first-order valence-electron chi connectivity index (χ1n) is 7.51. The van der Waals surface area contributed by atoms with E-state index in [-0.39, 0.29) is 12.1 Å². The number of carbonyl (C=O) groups excluding carboxylic acids is 1. The molecular formula is C17H16FN5O2. The molecule has 1 aromatic carbocycles. The quantitative estimate of drug-likeness (QED) is 0.718. The van der Waals surface area contributed by atoms with E-state index in [1.807, 2.05) is 6.92 Å². The number of rotatable bonds is 5. The molecule has 7 nitrogen and oxygen atoms in total. The maximum absolute atomic E-state index is 14.0. The van der Waals surface area contributed by atoms with Crippen LogP contribution in [0, 0.1) is 12.7 Å². The number of nitrogens with zero attached hydrogens (tertiary/aromatic N) is 4. The number of nitrogens with one attached hydrogen (secondary N) is 1. The van der Waals surface area contributed by atoms with Gasteiger partial charge in [-0.25, -0.2) is 19.2 Å². The van der Waals surface area contributed by atoms with Gasteiger partial charge in [-0.3, -0.25) is 9.55 Å². The van der Waals surface area contributed by atoms with Crippen molar-refractivity contribution in [3.8, 4) is 5.82 Å². The largest absolute Gasteiger partial charge is 0.465 e. The van der Waals surface area contributed by atoms with E-state index >= 15 is 0 Å². The predicted octanol–water partition coefficient (Wildman–Crippen LogP) is 2.51. The van der Waals surface area contributed by atoms with E-state index in [1.54, 1.807) is 23.2 Å². The summed E-state index contributed by atoms with van der Waals surface area (Å²) in [5.74, 6) is 0.925. The van der Waals surface area contributed by atoms with E-state index < -0.39 is 11.8 Å². The molecule has 0 spiro atoms. The van der Waals surface area contributed by atoms with Crippen LogP contribution in [0.25, 0.3) is 5.82 Å². The molecule has 0 bridgehead atoms. The number of imidazole rings is 1. The molecule has 0 fully saturated rings. The molecule has 128 valence electrons. The Morgan fingerprint density at radius 1 is 1.36 bits per heavy atom. The van der Waals surface area contributed by atoms with Crippen molar-refractivity contribution in [1.29, 1.82) is 0 Å². The van der Waals surface area contributed by atoms with Gasteiger partial charge in [-0.15, -0.1) is 0 Å². The number of aromatic nitrogens is 4. The molecule has 0 aliphatic rings. The lowest BCUT2D eigenvalue weighted by Gasteiger charge is -2.10.